The fraction of sp³-hybridized carbons (Fsp3) is 0.500. The van der Waals surface area contributed by atoms with Gasteiger partial charge in [-0.1, -0.05) is 12.2 Å². The van der Waals surface area contributed by atoms with E-state index in [1.165, 1.54) is 53.2 Å². The van der Waals surface area contributed by atoms with Gasteiger partial charge in [0.05, 0.1) is 17.5 Å². The van der Waals surface area contributed by atoms with E-state index in [4.69, 9.17) is 0 Å². The van der Waals surface area contributed by atoms with Crippen LogP contribution in [-0.4, -0.2) is 88.5 Å². The Balaban J connectivity index is 0.000000201. The van der Waals surface area contributed by atoms with Crippen LogP contribution in [0.1, 0.15) is 49.9 Å². The van der Waals surface area contributed by atoms with Crippen LogP contribution in [-0.2, 0) is 25.2 Å². The smallest absolute Gasteiger partial charge is 0.308 e. The lowest BCUT2D eigenvalue weighted by Gasteiger charge is -2.15. The van der Waals surface area contributed by atoms with Crippen LogP contribution in [0.2, 0.25) is 0 Å². The highest BCUT2D eigenvalue weighted by atomic mass is 32.2. The van der Waals surface area contributed by atoms with Crippen LogP contribution in [0.15, 0.2) is 37.2 Å². The lowest BCUT2D eigenvalue weighted by Crippen LogP contribution is -2.27. The van der Waals surface area contributed by atoms with E-state index in [9.17, 15) is 26.7 Å². The van der Waals surface area contributed by atoms with Crippen molar-refractivity contribution in [2.75, 3.05) is 28.2 Å². The van der Waals surface area contributed by atoms with Crippen LogP contribution in [0, 0.1) is 0 Å². The summed E-state index contributed by atoms with van der Waals surface area (Å²) in [5.41, 5.74) is 3.20. The van der Waals surface area contributed by atoms with E-state index < -0.39 is 20.4 Å². The molecular formula is C22H32N6O6S2. The molecule has 2 aliphatic carbocycles. The molecule has 198 valence electrons. The average molecular weight is 541 g/mol. The first-order chi connectivity index (χ1) is 16.8. The molecular weight excluding hydrogens is 508 g/mol. The molecule has 0 fully saturated rings. The molecule has 1 unspecified atom stereocenters. The van der Waals surface area contributed by atoms with Gasteiger partial charge < -0.3 is 5.11 Å². The van der Waals surface area contributed by atoms with Crippen molar-refractivity contribution < 1.29 is 26.7 Å². The van der Waals surface area contributed by atoms with E-state index in [1.807, 2.05) is 12.2 Å². The van der Waals surface area contributed by atoms with Crippen molar-refractivity contribution in [3.05, 3.63) is 48.6 Å². The Hall–Kier alpha value is -2.65. The molecule has 2 heterocycles. The first-order valence-corrected chi connectivity index (χ1v) is 14.1. The Bertz CT molecular complexity index is 1370. The molecule has 0 radical (unpaired) electrons. The van der Waals surface area contributed by atoms with Gasteiger partial charge in [0.15, 0.2) is 0 Å². The number of carbonyl (C=O) groups is 1. The van der Waals surface area contributed by atoms with Crippen molar-refractivity contribution in [1.29, 1.82) is 0 Å². The number of aliphatic hydroxyl groups excluding tert-OH is 1. The maximum atomic E-state index is 11.9. The Morgan fingerprint density at radius 2 is 1.33 bits per heavy atom. The second kappa shape index (κ2) is 11.2. The van der Waals surface area contributed by atoms with Gasteiger partial charge in [0.2, 0.25) is 0 Å². The van der Waals surface area contributed by atoms with E-state index >= 15 is 0 Å². The van der Waals surface area contributed by atoms with Gasteiger partial charge in [-0.3, -0.25) is 4.79 Å². The van der Waals surface area contributed by atoms with E-state index in [-0.39, 0.29) is 11.9 Å². The van der Waals surface area contributed by atoms with Gasteiger partial charge >= 0.3 is 20.4 Å². The maximum absolute atomic E-state index is 11.9. The van der Waals surface area contributed by atoms with Crippen LogP contribution in [0.25, 0.3) is 11.1 Å². The molecule has 0 bridgehead atoms. The Morgan fingerprint density at radius 3 is 1.72 bits per heavy atom. The van der Waals surface area contributed by atoms with E-state index in [1.54, 1.807) is 0 Å². The number of carbonyl (C=O) groups excluding carboxylic acids is 1. The zero-order valence-corrected chi connectivity index (χ0v) is 22.4. The number of nitrogens with zero attached hydrogens (tertiary/aromatic N) is 6. The van der Waals surface area contributed by atoms with Crippen LogP contribution >= 0.6 is 0 Å². The molecule has 12 nitrogen and oxygen atoms in total. The predicted molar refractivity (Wildman–Crippen MR) is 135 cm³/mol. The molecule has 0 amide bonds. The molecule has 2 aromatic heterocycles. The molecule has 1 N–H and O–H groups in total. The van der Waals surface area contributed by atoms with Crippen molar-refractivity contribution in [2.45, 2.75) is 44.6 Å². The van der Waals surface area contributed by atoms with Crippen molar-refractivity contribution in [3.8, 4) is 0 Å². The number of Topliss-reactive ketones (excluding diaryl/α,β-unsaturated/α-hetero) is 1. The minimum absolute atomic E-state index is 0.207. The summed E-state index contributed by atoms with van der Waals surface area (Å²) in [5.74, 6) is 0.207. The number of allylic oxidation sites excluding steroid dienone is 3. The molecule has 14 heteroatoms. The van der Waals surface area contributed by atoms with Crippen molar-refractivity contribution in [2.24, 2.45) is 0 Å². The quantitative estimate of drug-likeness (QED) is 0.574. The third kappa shape index (κ3) is 6.37. The summed E-state index contributed by atoms with van der Waals surface area (Å²) in [6.45, 7) is 0. The number of aliphatic hydroxyl groups is 1. The topological polar surface area (TPSA) is 148 Å². The number of hydrogen-bond acceptors (Lipinski definition) is 8. The monoisotopic (exact) mass is 540 g/mol. The maximum Gasteiger partial charge on any atom is 0.308 e. The minimum atomic E-state index is -3.51. The first-order valence-electron chi connectivity index (χ1n) is 11.3. The summed E-state index contributed by atoms with van der Waals surface area (Å²) in [5, 5.41) is 9.41. The van der Waals surface area contributed by atoms with Crippen LogP contribution in [0.3, 0.4) is 0 Å². The van der Waals surface area contributed by atoms with Crippen LogP contribution < -0.4 is 0 Å². The van der Waals surface area contributed by atoms with Gasteiger partial charge in [-0.2, -0.15) is 25.4 Å². The zero-order chi connectivity index (χ0) is 26.7. The van der Waals surface area contributed by atoms with Gasteiger partial charge in [0.1, 0.15) is 18.4 Å². The molecule has 2 aliphatic rings. The van der Waals surface area contributed by atoms with Crippen molar-refractivity contribution in [1.82, 2.24) is 26.5 Å². The Kier molecular flexibility index (Phi) is 8.67. The molecule has 36 heavy (non-hydrogen) atoms. The fourth-order valence-electron chi connectivity index (χ4n) is 3.57. The van der Waals surface area contributed by atoms with Gasteiger partial charge in [0, 0.05) is 53.4 Å². The number of rotatable bonds is 6. The molecule has 0 saturated carbocycles. The third-order valence-corrected chi connectivity index (χ3v) is 9.18. The summed E-state index contributed by atoms with van der Waals surface area (Å²) in [6, 6.07) is 0. The number of aromatic nitrogens is 4. The van der Waals surface area contributed by atoms with Crippen molar-refractivity contribution in [3.63, 3.8) is 0 Å². The normalized spacial score (nSPS) is 19.1. The van der Waals surface area contributed by atoms with Gasteiger partial charge in [0.25, 0.3) is 0 Å². The molecule has 4 rings (SSSR count). The Morgan fingerprint density at radius 1 is 0.833 bits per heavy atom. The second-order valence-electron chi connectivity index (χ2n) is 8.89. The zero-order valence-electron chi connectivity index (χ0n) is 20.8. The number of hydrogen-bond donors (Lipinski definition) is 1. The van der Waals surface area contributed by atoms with Crippen LogP contribution in [0.4, 0.5) is 0 Å². The van der Waals surface area contributed by atoms with Gasteiger partial charge in [-0.15, -0.1) is 0 Å². The molecule has 0 aliphatic heterocycles. The second-order valence-corrected chi connectivity index (χ2v) is 13.0. The lowest BCUT2D eigenvalue weighted by molar-refractivity contribution is -0.118. The SMILES string of the molecule is CN(C)S(=O)(=O)n1cnc(C2=CCC(=O)CC2)c1.CN(C)S(=O)(=O)n1cnc(C2=CCC(O)CC2)c1. The van der Waals surface area contributed by atoms with E-state index in [0.29, 0.717) is 43.5 Å². The summed E-state index contributed by atoms with van der Waals surface area (Å²) >= 11 is 0. The fourth-order valence-corrected chi connectivity index (χ4v) is 5.13. The van der Waals surface area contributed by atoms with E-state index in [0.717, 1.165) is 34.1 Å². The summed E-state index contributed by atoms with van der Waals surface area (Å²) in [6.07, 6.45) is 12.6. The highest BCUT2D eigenvalue weighted by Crippen LogP contribution is 2.26. The highest BCUT2D eigenvalue weighted by Gasteiger charge is 2.21. The molecule has 0 saturated heterocycles. The predicted octanol–water partition coefficient (Wildman–Crippen LogP) is 1.14. The summed E-state index contributed by atoms with van der Waals surface area (Å²) in [4.78, 5) is 19.3. The molecule has 0 aromatic carbocycles. The van der Waals surface area contributed by atoms with Gasteiger partial charge in [-0.25, -0.2) is 17.9 Å². The third-order valence-electron chi connectivity index (χ3n) is 5.87. The number of imidazole rings is 2. The molecule has 1 atom stereocenters. The lowest BCUT2D eigenvalue weighted by atomic mass is 9.96. The summed E-state index contributed by atoms with van der Waals surface area (Å²) < 4.78 is 51.9. The number of ketones is 1. The standard InChI is InChI=1S/C11H17N3O3S.C11H15N3O3S/c2*1-13(2)18(16,17)14-7-11(12-8-14)9-3-5-10(15)6-4-9/h3,7-8,10,15H,4-6H2,1-2H3;3,7-8H,4-6H2,1-2H3. The highest BCUT2D eigenvalue weighted by molar-refractivity contribution is 7.87. The van der Waals surface area contributed by atoms with E-state index in [2.05, 4.69) is 9.97 Å². The minimum Gasteiger partial charge on any atom is -0.393 e. The average Bonchev–Trinajstić information content (AvgIpc) is 3.51. The summed E-state index contributed by atoms with van der Waals surface area (Å²) in [7, 11) is -1.12. The molecule has 0 spiro atoms. The molecule has 2 aromatic rings. The Labute approximate surface area is 211 Å². The van der Waals surface area contributed by atoms with Crippen LogP contribution in [0.5, 0.6) is 0 Å². The van der Waals surface area contributed by atoms with Crippen molar-refractivity contribution >= 4 is 37.3 Å². The largest absolute Gasteiger partial charge is 0.393 e. The first kappa shape index (κ1) is 27.9. The van der Waals surface area contributed by atoms with Gasteiger partial charge in [-0.05, 0) is 36.8 Å².